The fourth-order valence-electron chi connectivity index (χ4n) is 2.47. The van der Waals surface area contributed by atoms with Gasteiger partial charge in [-0.25, -0.2) is 0 Å². The van der Waals surface area contributed by atoms with E-state index in [0.29, 0.717) is 6.42 Å². The summed E-state index contributed by atoms with van der Waals surface area (Å²) in [7, 11) is 0. The summed E-state index contributed by atoms with van der Waals surface area (Å²) in [5.41, 5.74) is 2.44. The van der Waals surface area contributed by atoms with Crippen LogP contribution in [0.25, 0.3) is 0 Å². The fraction of sp³-hybridized carbons (Fsp3) is 0.286. The minimum Gasteiger partial charge on any atom is -0.311 e. The van der Waals surface area contributed by atoms with Gasteiger partial charge in [-0.1, -0.05) is 30.3 Å². The molecule has 1 aliphatic rings. The molecular formula is C14H15N3O. The molecule has 0 bridgehead atoms. The van der Waals surface area contributed by atoms with Gasteiger partial charge in [0.1, 0.15) is 5.82 Å². The highest BCUT2D eigenvalue weighted by Crippen LogP contribution is 2.33. The van der Waals surface area contributed by atoms with Crippen molar-refractivity contribution in [3.05, 3.63) is 47.7 Å². The average Bonchev–Trinajstić information content (AvgIpc) is 2.85. The Labute approximate surface area is 105 Å². The molecule has 18 heavy (non-hydrogen) atoms. The Hall–Kier alpha value is -2.10. The van der Waals surface area contributed by atoms with E-state index in [1.54, 1.807) is 0 Å². The van der Waals surface area contributed by atoms with E-state index in [2.05, 4.69) is 27.6 Å². The van der Waals surface area contributed by atoms with Crippen LogP contribution in [0.1, 0.15) is 29.9 Å². The largest absolute Gasteiger partial charge is 0.311 e. The van der Waals surface area contributed by atoms with Crippen LogP contribution in [-0.2, 0) is 11.2 Å². The van der Waals surface area contributed by atoms with Gasteiger partial charge in [-0.05, 0) is 24.3 Å². The highest BCUT2D eigenvalue weighted by molar-refractivity contribution is 5.93. The Morgan fingerprint density at radius 2 is 2.11 bits per heavy atom. The van der Waals surface area contributed by atoms with Crippen molar-refractivity contribution in [3.63, 3.8) is 0 Å². The molecule has 1 amide bonds. The summed E-state index contributed by atoms with van der Waals surface area (Å²) in [6.45, 7) is 0. The van der Waals surface area contributed by atoms with Crippen LogP contribution in [0.15, 0.2) is 36.5 Å². The van der Waals surface area contributed by atoms with E-state index in [-0.39, 0.29) is 11.8 Å². The monoisotopic (exact) mass is 241 g/mol. The van der Waals surface area contributed by atoms with Crippen molar-refractivity contribution >= 4 is 11.7 Å². The zero-order valence-corrected chi connectivity index (χ0v) is 10.0. The number of H-pyrrole nitrogens is 1. The highest BCUT2D eigenvalue weighted by atomic mass is 16.1. The number of nitrogens with zero attached hydrogens (tertiary/aromatic N) is 1. The first-order valence-electron chi connectivity index (χ1n) is 6.20. The minimum atomic E-state index is 0.0739. The molecule has 0 radical (unpaired) electrons. The number of rotatable bonds is 3. The van der Waals surface area contributed by atoms with E-state index in [1.165, 1.54) is 5.56 Å². The third-order valence-corrected chi connectivity index (χ3v) is 3.43. The molecule has 0 aliphatic carbocycles. The lowest BCUT2D eigenvalue weighted by atomic mass is 9.89. The van der Waals surface area contributed by atoms with Crippen LogP contribution < -0.4 is 5.32 Å². The Balaban J connectivity index is 1.72. The number of aromatic nitrogens is 2. The molecule has 4 nitrogen and oxygen atoms in total. The number of amides is 1. The first-order chi connectivity index (χ1) is 8.83. The van der Waals surface area contributed by atoms with Crippen LogP contribution in [0.4, 0.5) is 5.82 Å². The molecule has 92 valence electrons. The van der Waals surface area contributed by atoms with Crippen LogP contribution in [0.2, 0.25) is 0 Å². The molecule has 1 unspecified atom stereocenters. The van der Waals surface area contributed by atoms with E-state index < -0.39 is 0 Å². The SMILES string of the molecule is O=C1CC(CCc2ccccc2)c2cn[nH]c2N1. The first kappa shape index (κ1) is 11.0. The normalized spacial score (nSPS) is 18.2. The fourth-order valence-corrected chi connectivity index (χ4v) is 2.47. The van der Waals surface area contributed by atoms with Gasteiger partial charge in [-0.2, -0.15) is 5.10 Å². The van der Waals surface area contributed by atoms with Gasteiger partial charge in [0.2, 0.25) is 5.91 Å². The Kier molecular flexibility index (Phi) is 2.84. The lowest BCUT2D eigenvalue weighted by Crippen LogP contribution is -2.22. The second-order valence-corrected chi connectivity index (χ2v) is 4.67. The lowest BCUT2D eigenvalue weighted by molar-refractivity contribution is -0.116. The van der Waals surface area contributed by atoms with E-state index in [0.717, 1.165) is 24.2 Å². The van der Waals surface area contributed by atoms with Crippen molar-refractivity contribution in [2.45, 2.75) is 25.2 Å². The number of aryl methyl sites for hydroxylation is 1. The van der Waals surface area contributed by atoms with Gasteiger partial charge in [0.25, 0.3) is 0 Å². The summed E-state index contributed by atoms with van der Waals surface area (Å²) >= 11 is 0. The van der Waals surface area contributed by atoms with E-state index in [1.807, 2.05) is 24.4 Å². The second-order valence-electron chi connectivity index (χ2n) is 4.67. The summed E-state index contributed by atoms with van der Waals surface area (Å²) < 4.78 is 0. The van der Waals surface area contributed by atoms with Crippen molar-refractivity contribution in [2.75, 3.05) is 5.32 Å². The van der Waals surface area contributed by atoms with Gasteiger partial charge < -0.3 is 5.32 Å². The molecule has 0 saturated carbocycles. The van der Waals surface area contributed by atoms with Gasteiger partial charge in [0, 0.05) is 12.0 Å². The van der Waals surface area contributed by atoms with Gasteiger partial charge >= 0.3 is 0 Å². The smallest absolute Gasteiger partial charge is 0.226 e. The number of anilines is 1. The molecule has 0 fully saturated rings. The molecule has 4 heteroatoms. The topological polar surface area (TPSA) is 57.8 Å². The number of carbonyl (C=O) groups is 1. The molecule has 2 N–H and O–H groups in total. The van der Waals surface area contributed by atoms with Gasteiger partial charge in [-0.15, -0.1) is 0 Å². The number of nitrogens with one attached hydrogen (secondary N) is 2. The third kappa shape index (κ3) is 2.14. The number of carbonyl (C=O) groups excluding carboxylic acids is 1. The zero-order valence-electron chi connectivity index (χ0n) is 10.0. The van der Waals surface area contributed by atoms with Crippen molar-refractivity contribution < 1.29 is 4.79 Å². The number of fused-ring (bicyclic) bond motifs is 1. The predicted octanol–water partition coefficient (Wildman–Crippen LogP) is 2.47. The zero-order chi connectivity index (χ0) is 12.4. The van der Waals surface area contributed by atoms with E-state index in [4.69, 9.17) is 0 Å². The van der Waals surface area contributed by atoms with Crippen LogP contribution in [0, 0.1) is 0 Å². The molecule has 2 aromatic rings. The molecule has 1 atom stereocenters. The van der Waals surface area contributed by atoms with Crippen LogP contribution in [0.5, 0.6) is 0 Å². The summed E-state index contributed by atoms with van der Waals surface area (Å²) in [4.78, 5) is 11.6. The molecular weight excluding hydrogens is 226 g/mol. The molecule has 1 aromatic heterocycles. The van der Waals surface area contributed by atoms with Gasteiger partial charge in [0.05, 0.1) is 6.20 Å². The van der Waals surface area contributed by atoms with Crippen molar-refractivity contribution in [3.8, 4) is 0 Å². The standard InChI is InChI=1S/C14H15N3O/c18-13-8-11(12-9-15-17-14(12)16-13)7-6-10-4-2-1-3-5-10/h1-5,9,11H,6-8H2,(H2,15,16,17,18). The third-order valence-electron chi connectivity index (χ3n) is 3.43. The van der Waals surface area contributed by atoms with E-state index in [9.17, 15) is 4.79 Å². The molecule has 2 heterocycles. The number of aromatic amines is 1. The summed E-state index contributed by atoms with van der Waals surface area (Å²) in [5, 5.41) is 9.65. The van der Waals surface area contributed by atoms with Crippen molar-refractivity contribution in [2.24, 2.45) is 0 Å². The molecule has 0 saturated heterocycles. The van der Waals surface area contributed by atoms with Crippen molar-refractivity contribution in [1.82, 2.24) is 10.2 Å². The Morgan fingerprint density at radius 1 is 1.28 bits per heavy atom. The Bertz CT molecular complexity index is 547. The molecule has 0 spiro atoms. The number of hydrogen-bond acceptors (Lipinski definition) is 2. The van der Waals surface area contributed by atoms with Crippen LogP contribution in [-0.4, -0.2) is 16.1 Å². The average molecular weight is 241 g/mol. The van der Waals surface area contributed by atoms with Gasteiger partial charge in [0.15, 0.2) is 0 Å². The minimum absolute atomic E-state index is 0.0739. The quantitative estimate of drug-likeness (QED) is 0.867. The lowest BCUT2D eigenvalue weighted by Gasteiger charge is -2.21. The first-order valence-corrected chi connectivity index (χ1v) is 6.20. The molecule has 3 rings (SSSR count). The Morgan fingerprint density at radius 3 is 2.94 bits per heavy atom. The summed E-state index contributed by atoms with van der Waals surface area (Å²) in [5.74, 6) is 1.11. The van der Waals surface area contributed by atoms with Crippen LogP contribution in [0.3, 0.4) is 0 Å². The van der Waals surface area contributed by atoms with Gasteiger partial charge in [-0.3, -0.25) is 9.89 Å². The van der Waals surface area contributed by atoms with E-state index >= 15 is 0 Å². The number of benzene rings is 1. The summed E-state index contributed by atoms with van der Waals surface area (Å²) in [6.07, 6.45) is 4.34. The summed E-state index contributed by atoms with van der Waals surface area (Å²) in [6, 6.07) is 10.4. The maximum atomic E-state index is 11.6. The second kappa shape index (κ2) is 4.64. The molecule has 1 aliphatic heterocycles. The number of hydrogen-bond donors (Lipinski definition) is 2. The molecule has 1 aromatic carbocycles. The maximum Gasteiger partial charge on any atom is 0.226 e. The predicted molar refractivity (Wildman–Crippen MR) is 69.3 cm³/mol. The highest BCUT2D eigenvalue weighted by Gasteiger charge is 2.26. The van der Waals surface area contributed by atoms with Crippen molar-refractivity contribution in [1.29, 1.82) is 0 Å². The van der Waals surface area contributed by atoms with Crippen LogP contribution >= 0.6 is 0 Å². The maximum absolute atomic E-state index is 11.6.